The van der Waals surface area contributed by atoms with E-state index in [2.05, 4.69) is 15.5 Å². The SMILES string of the molecule is CCC1CC(C(=O)O)C(C(=O)NCc2cn[nH]c2C)C1. The Morgan fingerprint density at radius 1 is 1.45 bits per heavy atom. The molecule has 0 aromatic carbocycles. The second-order valence-electron chi connectivity index (χ2n) is 5.53. The van der Waals surface area contributed by atoms with Gasteiger partial charge in [-0.1, -0.05) is 13.3 Å². The van der Waals surface area contributed by atoms with Crippen LogP contribution >= 0.6 is 0 Å². The summed E-state index contributed by atoms with van der Waals surface area (Å²) in [5.41, 5.74) is 1.84. The van der Waals surface area contributed by atoms with E-state index in [0.29, 0.717) is 25.3 Å². The molecule has 1 heterocycles. The lowest BCUT2D eigenvalue weighted by atomic mass is 9.95. The Hall–Kier alpha value is -1.85. The molecule has 3 atom stereocenters. The highest BCUT2D eigenvalue weighted by Gasteiger charge is 2.41. The third kappa shape index (κ3) is 3.00. The molecule has 0 spiro atoms. The number of carboxylic acids is 1. The molecule has 1 aliphatic carbocycles. The molecule has 0 bridgehead atoms. The van der Waals surface area contributed by atoms with Crippen LogP contribution in [-0.2, 0) is 16.1 Å². The van der Waals surface area contributed by atoms with Gasteiger partial charge < -0.3 is 10.4 Å². The van der Waals surface area contributed by atoms with E-state index in [0.717, 1.165) is 17.7 Å². The number of aromatic amines is 1. The molecule has 0 aliphatic heterocycles. The highest BCUT2D eigenvalue weighted by atomic mass is 16.4. The molecule has 20 heavy (non-hydrogen) atoms. The van der Waals surface area contributed by atoms with Crippen molar-refractivity contribution in [2.45, 2.75) is 39.7 Å². The van der Waals surface area contributed by atoms with Gasteiger partial charge in [0.05, 0.1) is 18.0 Å². The van der Waals surface area contributed by atoms with E-state index >= 15 is 0 Å². The van der Waals surface area contributed by atoms with Gasteiger partial charge in [-0.2, -0.15) is 5.10 Å². The topological polar surface area (TPSA) is 95.1 Å². The Morgan fingerprint density at radius 3 is 2.70 bits per heavy atom. The third-order valence-electron chi connectivity index (χ3n) is 4.28. The predicted octanol–water partition coefficient (Wildman–Crippen LogP) is 1.47. The number of hydrogen-bond acceptors (Lipinski definition) is 3. The lowest BCUT2D eigenvalue weighted by molar-refractivity contribution is -0.146. The fourth-order valence-electron chi connectivity index (χ4n) is 2.91. The maximum absolute atomic E-state index is 12.2. The van der Waals surface area contributed by atoms with Crippen LogP contribution in [0.25, 0.3) is 0 Å². The highest BCUT2D eigenvalue weighted by molar-refractivity contribution is 5.85. The molecule has 6 nitrogen and oxygen atoms in total. The fourth-order valence-corrected chi connectivity index (χ4v) is 2.91. The molecule has 1 aromatic heterocycles. The number of rotatable bonds is 5. The number of nitrogens with zero attached hydrogens (tertiary/aromatic N) is 1. The van der Waals surface area contributed by atoms with Gasteiger partial charge >= 0.3 is 5.97 Å². The van der Waals surface area contributed by atoms with Crippen molar-refractivity contribution in [3.8, 4) is 0 Å². The van der Waals surface area contributed by atoms with Gasteiger partial charge in [0.1, 0.15) is 0 Å². The average Bonchev–Trinajstić information content (AvgIpc) is 3.02. The Morgan fingerprint density at radius 2 is 2.15 bits per heavy atom. The smallest absolute Gasteiger partial charge is 0.307 e. The molecule has 110 valence electrons. The molecule has 0 radical (unpaired) electrons. The van der Waals surface area contributed by atoms with Crippen LogP contribution in [0.4, 0.5) is 0 Å². The molecule has 1 saturated carbocycles. The van der Waals surface area contributed by atoms with Crippen molar-refractivity contribution in [1.29, 1.82) is 0 Å². The summed E-state index contributed by atoms with van der Waals surface area (Å²) in [6, 6.07) is 0. The van der Waals surface area contributed by atoms with Crippen molar-refractivity contribution in [3.05, 3.63) is 17.5 Å². The van der Waals surface area contributed by atoms with Crippen LogP contribution in [0.3, 0.4) is 0 Å². The van der Waals surface area contributed by atoms with Crippen LogP contribution < -0.4 is 5.32 Å². The second-order valence-corrected chi connectivity index (χ2v) is 5.53. The summed E-state index contributed by atoms with van der Waals surface area (Å²) in [6.45, 7) is 4.32. The van der Waals surface area contributed by atoms with Crippen molar-refractivity contribution >= 4 is 11.9 Å². The number of aliphatic carboxylic acids is 1. The number of nitrogens with one attached hydrogen (secondary N) is 2. The number of H-pyrrole nitrogens is 1. The maximum Gasteiger partial charge on any atom is 0.307 e. The summed E-state index contributed by atoms with van der Waals surface area (Å²) in [4.78, 5) is 23.5. The molecule has 6 heteroatoms. The lowest BCUT2D eigenvalue weighted by Crippen LogP contribution is -2.35. The zero-order chi connectivity index (χ0) is 14.7. The van der Waals surface area contributed by atoms with E-state index in [-0.39, 0.29) is 5.91 Å². The fraction of sp³-hybridized carbons (Fsp3) is 0.643. The molecule has 2 rings (SSSR count). The summed E-state index contributed by atoms with van der Waals surface area (Å²) in [5.74, 6) is -1.65. The van der Waals surface area contributed by atoms with Gasteiger partial charge in [-0.15, -0.1) is 0 Å². The van der Waals surface area contributed by atoms with Gasteiger partial charge in [0.25, 0.3) is 0 Å². The summed E-state index contributed by atoms with van der Waals surface area (Å²) < 4.78 is 0. The molecule has 3 N–H and O–H groups in total. The Bertz CT molecular complexity index is 498. The first kappa shape index (κ1) is 14.6. The summed E-state index contributed by atoms with van der Waals surface area (Å²) in [5, 5.41) is 18.8. The van der Waals surface area contributed by atoms with Crippen molar-refractivity contribution in [3.63, 3.8) is 0 Å². The Balaban J connectivity index is 1.97. The van der Waals surface area contributed by atoms with E-state index in [1.807, 2.05) is 13.8 Å². The summed E-state index contributed by atoms with van der Waals surface area (Å²) >= 11 is 0. The third-order valence-corrected chi connectivity index (χ3v) is 4.28. The standard InChI is InChI=1S/C14H21N3O3/c1-3-9-4-11(12(5-9)14(19)20)13(18)15-6-10-7-16-17-8(10)2/h7,9,11-12H,3-6H2,1-2H3,(H,15,18)(H,16,17)(H,19,20). The first-order chi connectivity index (χ1) is 9.52. The number of hydrogen-bond donors (Lipinski definition) is 3. The van der Waals surface area contributed by atoms with Gasteiger partial charge in [0.2, 0.25) is 5.91 Å². The second kappa shape index (κ2) is 6.07. The van der Waals surface area contributed by atoms with E-state index in [9.17, 15) is 14.7 Å². The van der Waals surface area contributed by atoms with Crippen molar-refractivity contribution < 1.29 is 14.7 Å². The van der Waals surface area contributed by atoms with Crippen LogP contribution in [0.5, 0.6) is 0 Å². The monoisotopic (exact) mass is 279 g/mol. The number of aryl methyl sites for hydroxylation is 1. The zero-order valence-electron chi connectivity index (χ0n) is 11.8. The Kier molecular flexibility index (Phi) is 4.42. The first-order valence-electron chi connectivity index (χ1n) is 7.02. The van der Waals surface area contributed by atoms with E-state index < -0.39 is 17.8 Å². The zero-order valence-corrected chi connectivity index (χ0v) is 11.8. The van der Waals surface area contributed by atoms with Gasteiger partial charge in [0, 0.05) is 17.8 Å². The maximum atomic E-state index is 12.2. The van der Waals surface area contributed by atoms with Crippen molar-refractivity contribution in [2.24, 2.45) is 17.8 Å². The number of carbonyl (C=O) groups excluding carboxylic acids is 1. The van der Waals surface area contributed by atoms with Crippen LogP contribution in [0.2, 0.25) is 0 Å². The van der Waals surface area contributed by atoms with E-state index in [4.69, 9.17) is 0 Å². The summed E-state index contributed by atoms with van der Waals surface area (Å²) in [7, 11) is 0. The normalized spacial score (nSPS) is 25.6. The van der Waals surface area contributed by atoms with Crippen LogP contribution in [0.1, 0.15) is 37.4 Å². The molecule has 1 fully saturated rings. The number of aromatic nitrogens is 2. The Labute approximate surface area is 118 Å². The van der Waals surface area contributed by atoms with Crippen LogP contribution in [0, 0.1) is 24.7 Å². The molecule has 1 amide bonds. The number of carboxylic acid groups (broad SMARTS) is 1. The van der Waals surface area contributed by atoms with Gasteiger partial charge in [-0.3, -0.25) is 14.7 Å². The molecular formula is C14H21N3O3. The van der Waals surface area contributed by atoms with Crippen molar-refractivity contribution in [1.82, 2.24) is 15.5 Å². The molecule has 3 unspecified atom stereocenters. The molecule has 1 aliphatic rings. The number of amides is 1. The molecular weight excluding hydrogens is 258 g/mol. The van der Waals surface area contributed by atoms with Crippen molar-refractivity contribution in [2.75, 3.05) is 0 Å². The molecule has 1 aromatic rings. The average molecular weight is 279 g/mol. The minimum absolute atomic E-state index is 0.158. The van der Waals surface area contributed by atoms with Gasteiger partial charge in [0.15, 0.2) is 0 Å². The quantitative estimate of drug-likeness (QED) is 0.760. The summed E-state index contributed by atoms with van der Waals surface area (Å²) in [6.07, 6.45) is 3.88. The van der Waals surface area contributed by atoms with Gasteiger partial charge in [-0.05, 0) is 25.7 Å². The van der Waals surface area contributed by atoms with Crippen LogP contribution in [-0.4, -0.2) is 27.2 Å². The van der Waals surface area contributed by atoms with Gasteiger partial charge in [-0.25, -0.2) is 0 Å². The minimum Gasteiger partial charge on any atom is -0.481 e. The van der Waals surface area contributed by atoms with Crippen LogP contribution in [0.15, 0.2) is 6.20 Å². The van der Waals surface area contributed by atoms with E-state index in [1.165, 1.54) is 0 Å². The largest absolute Gasteiger partial charge is 0.481 e. The molecule has 0 saturated heterocycles. The highest BCUT2D eigenvalue weighted by Crippen LogP contribution is 2.38. The lowest BCUT2D eigenvalue weighted by Gasteiger charge is -2.15. The minimum atomic E-state index is -0.861. The first-order valence-corrected chi connectivity index (χ1v) is 7.02. The van der Waals surface area contributed by atoms with E-state index in [1.54, 1.807) is 6.20 Å². The number of carbonyl (C=O) groups is 2. The predicted molar refractivity (Wildman–Crippen MR) is 72.8 cm³/mol.